The molecule has 2 heteroatoms. The first-order valence-corrected chi connectivity index (χ1v) is 6.84. The minimum Gasteiger partial charge on any atom is -0.314 e. The molecule has 13 heavy (non-hydrogen) atoms. The van der Waals surface area contributed by atoms with Gasteiger partial charge in [-0.1, -0.05) is 13.8 Å². The van der Waals surface area contributed by atoms with Crippen molar-refractivity contribution in [1.29, 1.82) is 0 Å². The monoisotopic (exact) mass is 201 g/mol. The molecule has 1 fully saturated rings. The van der Waals surface area contributed by atoms with Gasteiger partial charge >= 0.3 is 0 Å². The van der Waals surface area contributed by atoms with Gasteiger partial charge in [-0.2, -0.15) is 11.8 Å². The van der Waals surface area contributed by atoms with E-state index in [0.29, 0.717) is 0 Å². The summed E-state index contributed by atoms with van der Waals surface area (Å²) in [6, 6.07) is 0.819. The van der Waals surface area contributed by atoms with Crippen LogP contribution in [0.4, 0.5) is 0 Å². The molecular weight excluding hydrogens is 178 g/mol. The lowest BCUT2D eigenvalue weighted by Crippen LogP contribution is -2.31. The minimum absolute atomic E-state index is 0.819. The average Bonchev–Trinajstić information content (AvgIpc) is 2.49. The molecule has 0 aromatic carbocycles. The minimum atomic E-state index is 0.819. The van der Waals surface area contributed by atoms with Gasteiger partial charge in [0.25, 0.3) is 0 Å². The van der Waals surface area contributed by atoms with Crippen LogP contribution in [0, 0.1) is 11.8 Å². The van der Waals surface area contributed by atoms with Gasteiger partial charge in [-0.3, -0.25) is 0 Å². The first kappa shape index (κ1) is 11.4. The predicted octanol–water partition coefficient (Wildman–Crippen LogP) is 2.76. The van der Waals surface area contributed by atoms with Crippen LogP contribution < -0.4 is 5.32 Å². The Morgan fingerprint density at radius 3 is 2.77 bits per heavy atom. The second kappa shape index (κ2) is 5.92. The summed E-state index contributed by atoms with van der Waals surface area (Å²) in [6.45, 7) is 5.91. The Kier molecular flexibility index (Phi) is 5.18. The summed E-state index contributed by atoms with van der Waals surface area (Å²) in [4.78, 5) is 0. The quantitative estimate of drug-likeness (QED) is 0.734. The maximum absolute atomic E-state index is 3.68. The number of hydrogen-bond acceptors (Lipinski definition) is 2. The summed E-state index contributed by atoms with van der Waals surface area (Å²) >= 11 is 1.95. The normalized spacial score (nSPS) is 30.7. The smallest absolute Gasteiger partial charge is 0.00698 e. The SMILES string of the molecule is CSCC(C)CNC1CCC(C)C1. The number of hydrogen-bond donors (Lipinski definition) is 1. The molecule has 0 bridgehead atoms. The average molecular weight is 201 g/mol. The van der Waals surface area contributed by atoms with Gasteiger partial charge in [0.1, 0.15) is 0 Å². The molecule has 3 atom stereocenters. The van der Waals surface area contributed by atoms with Crippen molar-refractivity contribution in [3.8, 4) is 0 Å². The largest absolute Gasteiger partial charge is 0.314 e. The first-order chi connectivity index (χ1) is 6.22. The van der Waals surface area contributed by atoms with Crippen molar-refractivity contribution in [3.05, 3.63) is 0 Å². The highest BCUT2D eigenvalue weighted by atomic mass is 32.2. The fraction of sp³-hybridized carbons (Fsp3) is 1.00. The Hall–Kier alpha value is 0.310. The molecular formula is C11H23NS. The topological polar surface area (TPSA) is 12.0 Å². The molecule has 1 nitrogen and oxygen atoms in total. The summed E-state index contributed by atoms with van der Waals surface area (Å²) in [5, 5.41) is 3.68. The fourth-order valence-electron chi connectivity index (χ4n) is 2.10. The predicted molar refractivity (Wildman–Crippen MR) is 62.4 cm³/mol. The van der Waals surface area contributed by atoms with Crippen molar-refractivity contribution >= 4 is 11.8 Å². The third-order valence-electron chi connectivity index (χ3n) is 2.90. The maximum atomic E-state index is 3.68. The number of nitrogens with one attached hydrogen (secondary N) is 1. The van der Waals surface area contributed by atoms with Crippen molar-refractivity contribution < 1.29 is 0 Å². The summed E-state index contributed by atoms with van der Waals surface area (Å²) in [5.41, 5.74) is 0. The van der Waals surface area contributed by atoms with Gasteiger partial charge in [-0.05, 0) is 49.7 Å². The Morgan fingerprint density at radius 2 is 2.23 bits per heavy atom. The number of thioether (sulfide) groups is 1. The molecule has 0 amide bonds. The number of rotatable bonds is 5. The van der Waals surface area contributed by atoms with Gasteiger partial charge < -0.3 is 5.32 Å². The Labute approximate surface area is 87.1 Å². The van der Waals surface area contributed by atoms with Gasteiger partial charge in [0.15, 0.2) is 0 Å². The summed E-state index contributed by atoms with van der Waals surface area (Å²) in [5.74, 6) is 3.06. The van der Waals surface area contributed by atoms with E-state index in [2.05, 4.69) is 25.4 Å². The van der Waals surface area contributed by atoms with Gasteiger partial charge in [-0.15, -0.1) is 0 Å². The molecule has 3 unspecified atom stereocenters. The van der Waals surface area contributed by atoms with Gasteiger partial charge in [0, 0.05) is 6.04 Å². The summed E-state index contributed by atoms with van der Waals surface area (Å²) in [7, 11) is 0. The van der Waals surface area contributed by atoms with E-state index in [-0.39, 0.29) is 0 Å². The van der Waals surface area contributed by atoms with Gasteiger partial charge in [0.2, 0.25) is 0 Å². The molecule has 1 N–H and O–H groups in total. The van der Waals surface area contributed by atoms with Crippen molar-refractivity contribution in [3.63, 3.8) is 0 Å². The molecule has 0 heterocycles. The molecule has 0 aliphatic heterocycles. The first-order valence-electron chi connectivity index (χ1n) is 5.44. The Morgan fingerprint density at radius 1 is 1.46 bits per heavy atom. The highest BCUT2D eigenvalue weighted by molar-refractivity contribution is 7.98. The van der Waals surface area contributed by atoms with Crippen LogP contribution in [0.3, 0.4) is 0 Å². The van der Waals surface area contributed by atoms with E-state index in [1.165, 1.54) is 31.6 Å². The molecule has 0 radical (unpaired) electrons. The van der Waals surface area contributed by atoms with Crippen LogP contribution in [0.5, 0.6) is 0 Å². The summed E-state index contributed by atoms with van der Waals surface area (Å²) in [6.07, 6.45) is 6.40. The molecule has 1 aliphatic rings. The highest BCUT2D eigenvalue weighted by Gasteiger charge is 2.20. The van der Waals surface area contributed by atoms with Crippen molar-refractivity contribution in [2.24, 2.45) is 11.8 Å². The maximum Gasteiger partial charge on any atom is 0.00698 e. The lowest BCUT2D eigenvalue weighted by molar-refractivity contribution is 0.461. The molecule has 0 aromatic heterocycles. The highest BCUT2D eigenvalue weighted by Crippen LogP contribution is 2.24. The van der Waals surface area contributed by atoms with E-state index in [4.69, 9.17) is 0 Å². The van der Waals surface area contributed by atoms with E-state index >= 15 is 0 Å². The lowest BCUT2D eigenvalue weighted by Gasteiger charge is -2.16. The second-order valence-corrected chi connectivity index (χ2v) is 5.49. The van der Waals surface area contributed by atoms with E-state index in [0.717, 1.165) is 17.9 Å². The lowest BCUT2D eigenvalue weighted by atomic mass is 10.1. The molecule has 1 aliphatic carbocycles. The Balaban J connectivity index is 2.05. The van der Waals surface area contributed by atoms with Crippen molar-refractivity contribution in [2.45, 2.75) is 39.2 Å². The standard InChI is InChI=1S/C11H23NS/c1-9-4-5-11(6-9)12-7-10(2)8-13-3/h9-12H,4-8H2,1-3H3. The molecule has 0 spiro atoms. The van der Waals surface area contributed by atoms with Crippen LogP contribution in [0.25, 0.3) is 0 Å². The van der Waals surface area contributed by atoms with Crippen molar-refractivity contribution in [2.75, 3.05) is 18.6 Å². The van der Waals surface area contributed by atoms with Crippen LogP contribution >= 0.6 is 11.8 Å². The van der Waals surface area contributed by atoms with Crippen LogP contribution in [0.2, 0.25) is 0 Å². The van der Waals surface area contributed by atoms with E-state index in [1.54, 1.807) is 0 Å². The summed E-state index contributed by atoms with van der Waals surface area (Å²) < 4.78 is 0. The van der Waals surface area contributed by atoms with Gasteiger partial charge in [0.05, 0.1) is 0 Å². The van der Waals surface area contributed by atoms with Crippen LogP contribution in [-0.2, 0) is 0 Å². The van der Waals surface area contributed by atoms with E-state index in [1.807, 2.05) is 11.8 Å². The third-order valence-corrected chi connectivity index (χ3v) is 3.80. The molecule has 0 saturated heterocycles. The second-order valence-electron chi connectivity index (χ2n) is 4.58. The third kappa shape index (κ3) is 4.37. The fourth-order valence-corrected chi connectivity index (χ4v) is 2.79. The van der Waals surface area contributed by atoms with Gasteiger partial charge in [-0.25, -0.2) is 0 Å². The molecule has 1 saturated carbocycles. The zero-order chi connectivity index (χ0) is 9.68. The van der Waals surface area contributed by atoms with E-state index < -0.39 is 0 Å². The van der Waals surface area contributed by atoms with Crippen LogP contribution in [0.1, 0.15) is 33.1 Å². The van der Waals surface area contributed by atoms with Crippen LogP contribution in [0.15, 0.2) is 0 Å². The zero-order valence-corrected chi connectivity index (χ0v) is 9.99. The van der Waals surface area contributed by atoms with Crippen LogP contribution in [-0.4, -0.2) is 24.6 Å². The zero-order valence-electron chi connectivity index (χ0n) is 9.18. The molecule has 1 rings (SSSR count). The molecule has 0 aromatic rings. The molecule has 78 valence electrons. The van der Waals surface area contributed by atoms with Crippen molar-refractivity contribution in [1.82, 2.24) is 5.32 Å². The van der Waals surface area contributed by atoms with E-state index in [9.17, 15) is 0 Å². The Bertz CT molecular complexity index is 138.